The van der Waals surface area contributed by atoms with Crippen molar-refractivity contribution in [3.05, 3.63) is 98.4 Å². The Morgan fingerprint density at radius 3 is 2.25 bits per heavy atom. The molecular weight excluding hydrogens is 637 g/mol. The van der Waals surface area contributed by atoms with Crippen LogP contribution in [-0.4, -0.2) is 50.0 Å². The van der Waals surface area contributed by atoms with Crippen LogP contribution in [0.4, 0.5) is 5.69 Å². The molecule has 0 aliphatic heterocycles. The monoisotopic (exact) mass is 667 g/mol. The van der Waals surface area contributed by atoms with Crippen molar-refractivity contribution in [3.63, 3.8) is 0 Å². The molecule has 0 unspecified atom stereocenters. The molecule has 0 aromatic heterocycles. The van der Waals surface area contributed by atoms with Gasteiger partial charge in [-0.25, -0.2) is 8.42 Å². The molecule has 1 N–H and O–H groups in total. The summed E-state index contributed by atoms with van der Waals surface area (Å²) in [5.41, 5.74) is 1.71. The summed E-state index contributed by atoms with van der Waals surface area (Å²) in [7, 11) is -3.96. The number of amides is 2. The lowest BCUT2D eigenvalue weighted by atomic mass is 10.0. The minimum atomic E-state index is -3.96. The van der Waals surface area contributed by atoms with Gasteiger partial charge in [0.25, 0.3) is 0 Å². The number of halogens is 3. The largest absolute Gasteiger partial charge is 0.352 e. The fourth-order valence-electron chi connectivity index (χ4n) is 4.11. The highest BCUT2D eigenvalue weighted by Gasteiger charge is 2.34. The van der Waals surface area contributed by atoms with Gasteiger partial charge in [-0.15, -0.1) is 0 Å². The summed E-state index contributed by atoms with van der Waals surface area (Å²) in [6, 6.07) is 20.3. The van der Waals surface area contributed by atoms with Crippen molar-refractivity contribution in [2.24, 2.45) is 0 Å². The molecule has 0 bridgehead atoms. The Hall–Kier alpha value is -2.59. The Morgan fingerprint density at radius 2 is 1.62 bits per heavy atom. The number of nitrogens with zero attached hydrogens (tertiary/aromatic N) is 2. The second kappa shape index (κ2) is 14.3. The van der Waals surface area contributed by atoms with E-state index in [9.17, 15) is 18.0 Å². The summed E-state index contributed by atoms with van der Waals surface area (Å²) in [5, 5.41) is 3.17. The maximum absolute atomic E-state index is 14.1. The van der Waals surface area contributed by atoms with Gasteiger partial charge in [-0.3, -0.25) is 13.9 Å². The SMILES string of the molecule is CC[C@@H](C)NC(=O)[C@H](Cc1ccccc1)N(Cc1cccc(Br)c1)C(=O)CN(c1cccc(Cl)c1Cl)S(C)(=O)=O. The molecule has 40 heavy (non-hydrogen) atoms. The molecule has 3 rings (SSSR count). The van der Waals surface area contributed by atoms with Gasteiger partial charge in [0.2, 0.25) is 21.8 Å². The standard InChI is InChI=1S/C29H32BrCl2N3O4S/c1-4-20(2)33-29(37)26(17-21-10-6-5-7-11-21)34(18-22-12-8-13-23(30)16-22)27(36)19-35(40(3,38)39)25-15-9-14-24(31)28(25)32/h5-16,20,26H,4,17-19H2,1-3H3,(H,33,37)/t20-,26+/m1/s1. The van der Waals surface area contributed by atoms with Crippen LogP contribution in [0.3, 0.4) is 0 Å². The van der Waals surface area contributed by atoms with E-state index in [0.29, 0.717) is 6.42 Å². The number of sulfonamides is 1. The van der Waals surface area contributed by atoms with Crippen LogP contribution in [0, 0.1) is 0 Å². The zero-order valence-electron chi connectivity index (χ0n) is 22.5. The van der Waals surface area contributed by atoms with Gasteiger partial charge in [0.05, 0.1) is 22.0 Å². The van der Waals surface area contributed by atoms with Gasteiger partial charge in [0.15, 0.2) is 0 Å². The number of benzene rings is 3. The van der Waals surface area contributed by atoms with Crippen LogP contribution in [0.25, 0.3) is 0 Å². The number of hydrogen-bond donors (Lipinski definition) is 1. The first-order chi connectivity index (χ1) is 18.9. The van der Waals surface area contributed by atoms with Crippen molar-refractivity contribution in [2.45, 2.75) is 45.3 Å². The van der Waals surface area contributed by atoms with Crippen molar-refractivity contribution in [1.82, 2.24) is 10.2 Å². The molecule has 0 aliphatic carbocycles. The van der Waals surface area contributed by atoms with Gasteiger partial charge < -0.3 is 10.2 Å². The predicted molar refractivity (Wildman–Crippen MR) is 165 cm³/mol. The fraction of sp³-hybridized carbons (Fsp3) is 0.310. The molecular formula is C29H32BrCl2N3O4S. The van der Waals surface area contributed by atoms with Crippen LogP contribution in [0.1, 0.15) is 31.4 Å². The Kier molecular flexibility index (Phi) is 11.5. The van der Waals surface area contributed by atoms with Crippen molar-refractivity contribution in [3.8, 4) is 0 Å². The van der Waals surface area contributed by atoms with Crippen LogP contribution in [0.5, 0.6) is 0 Å². The molecule has 7 nitrogen and oxygen atoms in total. The first-order valence-corrected chi connectivity index (χ1v) is 16.1. The lowest BCUT2D eigenvalue weighted by Gasteiger charge is -2.34. The smallest absolute Gasteiger partial charge is 0.244 e. The fourth-order valence-corrected chi connectivity index (χ4v) is 5.86. The molecule has 0 saturated carbocycles. The summed E-state index contributed by atoms with van der Waals surface area (Å²) in [5.74, 6) is -0.894. The maximum Gasteiger partial charge on any atom is 0.244 e. The summed E-state index contributed by atoms with van der Waals surface area (Å²) in [6.45, 7) is 3.35. The molecule has 2 atom stereocenters. The number of carbonyl (C=O) groups is 2. The van der Waals surface area contributed by atoms with Crippen molar-refractivity contribution < 1.29 is 18.0 Å². The molecule has 0 aliphatic rings. The van der Waals surface area contributed by atoms with E-state index in [0.717, 1.165) is 26.2 Å². The van der Waals surface area contributed by atoms with Crippen molar-refractivity contribution in [1.29, 1.82) is 0 Å². The highest BCUT2D eigenvalue weighted by molar-refractivity contribution is 9.10. The molecule has 11 heteroatoms. The number of carbonyl (C=O) groups excluding carboxylic acids is 2. The minimum Gasteiger partial charge on any atom is -0.352 e. The van der Waals surface area contributed by atoms with E-state index in [4.69, 9.17) is 23.2 Å². The van der Waals surface area contributed by atoms with Gasteiger partial charge in [0.1, 0.15) is 12.6 Å². The number of rotatable bonds is 12. The number of nitrogens with one attached hydrogen (secondary N) is 1. The van der Waals surface area contributed by atoms with Crippen LogP contribution in [-0.2, 0) is 32.6 Å². The van der Waals surface area contributed by atoms with E-state index in [1.165, 1.54) is 17.0 Å². The molecule has 3 aromatic rings. The van der Waals surface area contributed by atoms with Crippen LogP contribution in [0.2, 0.25) is 10.0 Å². The number of hydrogen-bond acceptors (Lipinski definition) is 4. The van der Waals surface area contributed by atoms with E-state index < -0.39 is 28.5 Å². The van der Waals surface area contributed by atoms with Gasteiger partial charge >= 0.3 is 0 Å². The van der Waals surface area contributed by atoms with Gasteiger partial charge in [0, 0.05) is 23.5 Å². The topological polar surface area (TPSA) is 86.8 Å². The molecule has 0 saturated heterocycles. The van der Waals surface area contributed by atoms with Crippen molar-refractivity contribution in [2.75, 3.05) is 17.1 Å². The second-order valence-corrected chi connectivity index (χ2v) is 13.1. The molecule has 0 fully saturated rings. The minimum absolute atomic E-state index is 0.0104. The zero-order valence-corrected chi connectivity index (χ0v) is 26.4. The van der Waals surface area contributed by atoms with E-state index in [2.05, 4.69) is 21.2 Å². The average molecular weight is 669 g/mol. The highest BCUT2D eigenvalue weighted by Crippen LogP contribution is 2.34. The molecule has 3 aromatic carbocycles. The van der Waals surface area contributed by atoms with Crippen LogP contribution >= 0.6 is 39.1 Å². The quantitative estimate of drug-likeness (QED) is 0.254. The molecule has 0 radical (unpaired) electrons. The molecule has 214 valence electrons. The zero-order chi connectivity index (χ0) is 29.4. The van der Waals surface area contributed by atoms with E-state index >= 15 is 0 Å². The maximum atomic E-state index is 14.1. The van der Waals surface area contributed by atoms with E-state index in [1.807, 2.05) is 68.4 Å². The lowest BCUT2D eigenvalue weighted by Crippen LogP contribution is -2.54. The number of anilines is 1. The predicted octanol–water partition coefficient (Wildman–Crippen LogP) is 6.08. The first kappa shape index (κ1) is 31.9. The molecule has 0 spiro atoms. The lowest BCUT2D eigenvalue weighted by molar-refractivity contribution is -0.140. The van der Waals surface area contributed by atoms with Gasteiger partial charge in [-0.05, 0) is 48.7 Å². The van der Waals surface area contributed by atoms with Gasteiger partial charge in [-0.2, -0.15) is 0 Å². The normalized spacial score (nSPS) is 12.8. The third-order valence-corrected chi connectivity index (χ3v) is 8.82. The summed E-state index contributed by atoms with van der Waals surface area (Å²) < 4.78 is 27.5. The Labute approximate surface area is 254 Å². The van der Waals surface area contributed by atoms with E-state index in [1.54, 1.807) is 6.07 Å². The molecule has 2 amide bonds. The summed E-state index contributed by atoms with van der Waals surface area (Å²) >= 11 is 16.0. The van der Waals surface area contributed by atoms with Crippen LogP contribution < -0.4 is 9.62 Å². The summed E-state index contributed by atoms with van der Waals surface area (Å²) in [4.78, 5) is 29.2. The Morgan fingerprint density at radius 1 is 0.975 bits per heavy atom. The van der Waals surface area contributed by atoms with Crippen molar-refractivity contribution >= 4 is 66.7 Å². The first-order valence-electron chi connectivity index (χ1n) is 12.7. The van der Waals surface area contributed by atoms with Crippen LogP contribution in [0.15, 0.2) is 77.3 Å². The Bertz CT molecular complexity index is 1440. The molecule has 0 heterocycles. The van der Waals surface area contributed by atoms with E-state index in [-0.39, 0.29) is 40.6 Å². The third-order valence-electron chi connectivity index (χ3n) is 6.39. The average Bonchev–Trinajstić information content (AvgIpc) is 2.90. The highest BCUT2D eigenvalue weighted by atomic mass is 79.9. The Balaban J connectivity index is 2.09. The second-order valence-electron chi connectivity index (χ2n) is 9.52. The third kappa shape index (κ3) is 8.70. The van der Waals surface area contributed by atoms with Gasteiger partial charge in [-0.1, -0.05) is 94.6 Å². The summed E-state index contributed by atoms with van der Waals surface area (Å²) in [6.07, 6.45) is 1.94.